The van der Waals surface area contributed by atoms with Crippen molar-refractivity contribution in [3.8, 4) is 22.8 Å². The molecule has 0 saturated carbocycles. The predicted octanol–water partition coefficient (Wildman–Crippen LogP) is 10.3. The zero-order chi connectivity index (χ0) is 55.5. The number of sulfonamides is 1. The number of morpholine rings is 2. The number of hydrogen-bond acceptors (Lipinski definition) is 15. The first-order chi connectivity index (χ1) is 38.8. The fraction of sp³-hybridized carbons (Fsp3) is 0.356. The first-order valence-corrected chi connectivity index (χ1v) is 28.9. The highest BCUT2D eigenvalue weighted by Crippen LogP contribution is 2.43. The highest BCUT2D eigenvalue weighted by Gasteiger charge is 2.30. The van der Waals surface area contributed by atoms with Gasteiger partial charge >= 0.3 is 0 Å². The van der Waals surface area contributed by atoms with E-state index in [2.05, 4.69) is 51.8 Å². The van der Waals surface area contributed by atoms with E-state index in [0.29, 0.717) is 111 Å². The molecule has 4 saturated heterocycles. The molecule has 80 heavy (non-hydrogen) atoms. The summed E-state index contributed by atoms with van der Waals surface area (Å²) >= 11 is 0. The van der Waals surface area contributed by atoms with E-state index in [1.54, 1.807) is 18.5 Å². The lowest BCUT2D eigenvalue weighted by molar-refractivity contribution is 0.122. The van der Waals surface area contributed by atoms with Crippen LogP contribution in [0.2, 0.25) is 0 Å². The van der Waals surface area contributed by atoms with Crippen molar-refractivity contribution in [2.45, 2.75) is 51.4 Å². The van der Waals surface area contributed by atoms with Crippen LogP contribution in [0.3, 0.4) is 0 Å². The Hall–Kier alpha value is -7.43. The Bertz CT molecular complexity index is 3660. The second-order valence-corrected chi connectivity index (χ2v) is 22.6. The Morgan fingerprint density at radius 3 is 1.43 bits per heavy atom. The minimum atomic E-state index is -3.28. The van der Waals surface area contributed by atoms with Crippen LogP contribution in [-0.2, 0) is 19.5 Å². The van der Waals surface area contributed by atoms with Gasteiger partial charge in [0.25, 0.3) is 0 Å². The Balaban J connectivity index is 0.000000170. The van der Waals surface area contributed by atoms with Crippen LogP contribution < -0.4 is 25.8 Å². The lowest BCUT2D eigenvalue weighted by atomic mass is 9.90. The quantitative estimate of drug-likeness (QED) is 0.104. The van der Waals surface area contributed by atoms with Crippen molar-refractivity contribution in [3.63, 3.8) is 0 Å². The van der Waals surface area contributed by atoms with Gasteiger partial charge in [-0.2, -0.15) is 0 Å². The lowest BCUT2D eigenvalue weighted by Gasteiger charge is -2.33. The van der Waals surface area contributed by atoms with E-state index >= 15 is 8.78 Å². The molecule has 0 atom stereocenters. The molecule has 4 fully saturated rings. The first kappa shape index (κ1) is 54.5. The highest BCUT2D eigenvalue weighted by molar-refractivity contribution is 7.88. The summed E-state index contributed by atoms with van der Waals surface area (Å²) in [5, 5.41) is 11.0. The highest BCUT2D eigenvalue weighted by atomic mass is 32.2. The van der Waals surface area contributed by atoms with Crippen molar-refractivity contribution in [2.24, 2.45) is 0 Å². The van der Waals surface area contributed by atoms with E-state index in [4.69, 9.17) is 19.4 Å². The Morgan fingerprint density at radius 2 is 1.01 bits per heavy atom. The van der Waals surface area contributed by atoms with Crippen LogP contribution >= 0.6 is 0 Å². The van der Waals surface area contributed by atoms with Gasteiger partial charge in [-0.3, -0.25) is 9.97 Å². The zero-order valence-corrected chi connectivity index (χ0v) is 45.6. The molecule has 10 heterocycles. The molecule has 0 unspecified atom stereocenters. The number of nitrogens with zero attached hydrogens (tertiary/aromatic N) is 9. The van der Waals surface area contributed by atoms with Crippen LogP contribution in [0.25, 0.3) is 44.6 Å². The van der Waals surface area contributed by atoms with Gasteiger partial charge < -0.3 is 35.2 Å². The summed E-state index contributed by atoms with van der Waals surface area (Å²) in [7, 11) is -3.28. The summed E-state index contributed by atoms with van der Waals surface area (Å²) in [6, 6.07) is 19.3. The molecule has 2 aromatic carbocycles. The van der Waals surface area contributed by atoms with Crippen LogP contribution in [0.1, 0.15) is 59.8 Å². The minimum Gasteiger partial charge on any atom is -0.378 e. The molecular formula is C59H62F4N12O4S. The van der Waals surface area contributed by atoms with Crippen LogP contribution in [-0.4, -0.2) is 128 Å². The second-order valence-electron chi connectivity index (χ2n) is 20.6. The van der Waals surface area contributed by atoms with E-state index in [0.717, 1.165) is 90.9 Å². The summed E-state index contributed by atoms with van der Waals surface area (Å²) in [6.07, 6.45) is 11.6. The van der Waals surface area contributed by atoms with Crippen LogP contribution in [0, 0.1) is 37.1 Å². The van der Waals surface area contributed by atoms with Crippen LogP contribution in [0.15, 0.2) is 97.6 Å². The fourth-order valence-corrected chi connectivity index (χ4v) is 12.1. The molecule has 16 nitrogen and oxygen atoms in total. The molecule has 3 N–H and O–H groups in total. The van der Waals surface area contributed by atoms with Crippen molar-refractivity contribution in [3.05, 3.63) is 143 Å². The van der Waals surface area contributed by atoms with Gasteiger partial charge in [0.1, 0.15) is 34.9 Å². The average Bonchev–Trinajstić information content (AvgIpc) is 3.52. The number of pyridine rings is 6. The maximum atomic E-state index is 15.5. The molecule has 21 heteroatoms. The van der Waals surface area contributed by atoms with Crippen LogP contribution in [0.4, 0.5) is 51.9 Å². The standard InChI is InChI=1S/C30H32F2N6O3S.C29H30F2N6O/c1-19-29(24-5-3-4-8-33-24)36-26-16-21(31)15-23(32)28(26)30(19)35-25-17-27(37-11-13-41-14-12-37)34-18-22(25)20-6-9-38(10-7-20)42(2,39)40;1-18-28(23-4-2-3-7-33-23)36-25-15-20(30)14-22(31)27(25)29(18)35-24-16-26(37-10-12-38-13-11-37)34-17-21(24)19-5-8-32-9-6-19/h3-5,8,15-18,20H,6-7,9-14H2,1-2H3,(H,34,35,36);2-4,7,14-17,19,32H,5-6,8-13H2,1H3,(H,34,35,36). The van der Waals surface area contributed by atoms with E-state index in [9.17, 15) is 17.2 Å². The molecule has 0 spiro atoms. The number of benzene rings is 2. The maximum absolute atomic E-state index is 15.5. The number of fused-ring (bicyclic) bond motifs is 2. The van der Waals surface area contributed by atoms with Gasteiger partial charge in [0.15, 0.2) is 0 Å². The molecule has 6 aromatic heterocycles. The summed E-state index contributed by atoms with van der Waals surface area (Å²) in [4.78, 5) is 32.1. The Morgan fingerprint density at radius 1 is 0.575 bits per heavy atom. The Kier molecular flexibility index (Phi) is 16.2. The predicted molar refractivity (Wildman–Crippen MR) is 304 cm³/mol. The van der Waals surface area contributed by atoms with Gasteiger partial charge in [0, 0.05) is 123 Å². The molecule has 0 amide bonds. The number of nitrogens with one attached hydrogen (secondary N) is 3. The molecular weight excluding hydrogens is 1050 g/mol. The number of anilines is 6. The molecule has 0 bridgehead atoms. The van der Waals surface area contributed by atoms with Crippen LogP contribution in [0.5, 0.6) is 0 Å². The van der Waals surface area contributed by atoms with E-state index in [1.165, 1.54) is 22.7 Å². The summed E-state index contributed by atoms with van der Waals surface area (Å²) < 4.78 is 96.4. The van der Waals surface area contributed by atoms with Gasteiger partial charge in [-0.25, -0.2) is 50.2 Å². The monoisotopic (exact) mass is 1110 g/mol. The smallest absolute Gasteiger partial charge is 0.211 e. The van der Waals surface area contributed by atoms with E-state index < -0.39 is 33.3 Å². The molecule has 0 aliphatic carbocycles. The van der Waals surface area contributed by atoms with Crippen molar-refractivity contribution >= 4 is 66.2 Å². The minimum absolute atomic E-state index is 0.0303. The molecule has 4 aliphatic heterocycles. The van der Waals surface area contributed by atoms with Gasteiger partial charge in [-0.1, -0.05) is 12.1 Å². The van der Waals surface area contributed by atoms with Crippen molar-refractivity contribution in [2.75, 3.05) is 105 Å². The lowest BCUT2D eigenvalue weighted by Crippen LogP contribution is -2.37. The third-order valence-electron chi connectivity index (χ3n) is 15.5. The van der Waals surface area contributed by atoms with Gasteiger partial charge in [0.05, 0.1) is 88.6 Å². The number of ether oxygens (including phenoxy) is 2. The van der Waals surface area contributed by atoms with Crippen molar-refractivity contribution < 1.29 is 35.5 Å². The summed E-state index contributed by atoms with van der Waals surface area (Å²) in [6.45, 7) is 11.8. The SMILES string of the molecule is Cc1c(-c2ccccn2)nc2cc(F)cc(F)c2c1Nc1cc(N2CCOCC2)ncc1C1CCN(S(C)(=O)=O)CC1.Cc1c(-c2ccccn2)nc2cc(F)cc(F)c2c1Nc1cc(N2CCOCC2)ncc1C1CCNCC1. The molecule has 8 aromatic rings. The maximum Gasteiger partial charge on any atom is 0.211 e. The summed E-state index contributed by atoms with van der Waals surface area (Å²) in [5.74, 6) is -0.813. The molecule has 12 rings (SSSR count). The number of rotatable bonds is 11. The normalized spacial score (nSPS) is 16.9. The number of piperidine rings is 2. The molecule has 416 valence electrons. The molecule has 0 radical (unpaired) electrons. The number of halogens is 4. The third-order valence-corrected chi connectivity index (χ3v) is 16.8. The average molecular weight is 1110 g/mol. The Labute approximate surface area is 462 Å². The number of hydrogen-bond donors (Lipinski definition) is 3. The van der Waals surface area contributed by atoms with E-state index in [-0.39, 0.29) is 27.7 Å². The largest absolute Gasteiger partial charge is 0.378 e. The third kappa shape index (κ3) is 11.7. The van der Waals surface area contributed by atoms with Gasteiger partial charge in [-0.15, -0.1) is 0 Å². The number of aromatic nitrogens is 6. The molecule has 4 aliphatic rings. The van der Waals surface area contributed by atoms with Gasteiger partial charge in [0.2, 0.25) is 10.0 Å². The van der Waals surface area contributed by atoms with Crippen molar-refractivity contribution in [1.82, 2.24) is 39.5 Å². The summed E-state index contributed by atoms with van der Waals surface area (Å²) in [5.41, 5.74) is 8.76. The first-order valence-electron chi connectivity index (χ1n) is 27.0. The van der Waals surface area contributed by atoms with Crippen molar-refractivity contribution in [1.29, 1.82) is 0 Å². The van der Waals surface area contributed by atoms with E-state index in [1.807, 2.05) is 62.6 Å². The zero-order valence-electron chi connectivity index (χ0n) is 44.8. The topological polar surface area (TPSA) is 176 Å². The fourth-order valence-electron chi connectivity index (χ4n) is 11.2. The second kappa shape index (κ2) is 23.7. The van der Waals surface area contributed by atoms with Gasteiger partial charge in [-0.05, 0) is 99.8 Å².